The van der Waals surface area contributed by atoms with E-state index in [0.717, 1.165) is 74.6 Å². The van der Waals surface area contributed by atoms with Crippen molar-refractivity contribution in [3.8, 4) is 17.2 Å². The molecule has 1 amide bonds. The van der Waals surface area contributed by atoms with Crippen molar-refractivity contribution < 1.29 is 13.9 Å². The van der Waals surface area contributed by atoms with Crippen LogP contribution in [0.25, 0.3) is 27.4 Å². The summed E-state index contributed by atoms with van der Waals surface area (Å²) in [6.45, 7) is 7.46. The highest BCUT2D eigenvalue weighted by Crippen LogP contribution is 2.48. The smallest absolute Gasteiger partial charge is 0.256 e. The van der Waals surface area contributed by atoms with E-state index in [9.17, 15) is 9.59 Å². The lowest BCUT2D eigenvalue weighted by Gasteiger charge is -2.30. The fourth-order valence-electron chi connectivity index (χ4n) is 7.87. The number of amides is 1. The molecule has 230 valence electrons. The normalized spacial score (nSPS) is 19.6. The third-order valence-corrected chi connectivity index (χ3v) is 10.4. The first kappa shape index (κ1) is 28.8. The fraction of sp³-hybridized carbons (Fsp3) is 0.444. The van der Waals surface area contributed by atoms with E-state index in [1.807, 2.05) is 41.0 Å². The van der Waals surface area contributed by atoms with E-state index in [0.29, 0.717) is 47.1 Å². The molecule has 2 fully saturated rings. The van der Waals surface area contributed by atoms with Crippen molar-refractivity contribution in [2.45, 2.75) is 58.4 Å². The topological polar surface area (TPSA) is 66.8 Å². The SMILES string of the molecule is CCC(CC)C1CCN(c2c(F)cc3c(=O)c(C(=O)NCCC4CCCN4C)cn4c3c2Oc2cc3ccccc3cc2-4)C1. The maximum atomic E-state index is 16.2. The molecule has 2 atom stereocenters. The first-order valence-electron chi connectivity index (χ1n) is 16.2. The number of likely N-dealkylation sites (tertiary alicyclic amines) is 1. The number of ether oxygens (including phenoxy) is 1. The molecule has 7 rings (SSSR count). The molecular weight excluding hydrogens is 555 g/mol. The second kappa shape index (κ2) is 11.5. The van der Waals surface area contributed by atoms with Gasteiger partial charge in [0, 0.05) is 31.9 Å². The number of carbonyl (C=O) groups excluding carboxylic acids is 1. The third-order valence-electron chi connectivity index (χ3n) is 10.4. The zero-order chi connectivity index (χ0) is 30.5. The average Bonchev–Trinajstić information content (AvgIpc) is 3.67. The number of nitrogens with one attached hydrogen (secondary N) is 1. The lowest BCUT2D eigenvalue weighted by Crippen LogP contribution is -2.34. The van der Waals surface area contributed by atoms with Gasteiger partial charge in [0.25, 0.3) is 5.91 Å². The highest BCUT2D eigenvalue weighted by atomic mass is 19.1. The van der Waals surface area contributed by atoms with Crippen LogP contribution in [0.2, 0.25) is 0 Å². The molecule has 3 aliphatic rings. The van der Waals surface area contributed by atoms with Crippen molar-refractivity contribution in [3.05, 3.63) is 70.3 Å². The van der Waals surface area contributed by atoms with Crippen molar-refractivity contribution in [1.29, 1.82) is 0 Å². The van der Waals surface area contributed by atoms with Gasteiger partial charge in [-0.3, -0.25) is 9.59 Å². The predicted molar refractivity (Wildman–Crippen MR) is 174 cm³/mol. The van der Waals surface area contributed by atoms with Crippen LogP contribution in [0.4, 0.5) is 10.1 Å². The molecule has 4 aromatic rings. The molecule has 44 heavy (non-hydrogen) atoms. The largest absolute Gasteiger partial charge is 0.451 e. The molecule has 8 heteroatoms. The Hall–Kier alpha value is -3.91. The number of nitrogens with zero attached hydrogens (tertiary/aromatic N) is 3. The van der Waals surface area contributed by atoms with E-state index in [4.69, 9.17) is 4.74 Å². The van der Waals surface area contributed by atoms with Gasteiger partial charge in [0.05, 0.1) is 11.1 Å². The van der Waals surface area contributed by atoms with E-state index in [2.05, 4.69) is 36.0 Å². The van der Waals surface area contributed by atoms with Gasteiger partial charge in [0.15, 0.2) is 17.3 Å². The number of hydrogen-bond donors (Lipinski definition) is 1. The van der Waals surface area contributed by atoms with Gasteiger partial charge in [-0.2, -0.15) is 0 Å². The summed E-state index contributed by atoms with van der Waals surface area (Å²) in [4.78, 5) is 31.8. The number of aromatic nitrogens is 1. The molecule has 0 radical (unpaired) electrons. The lowest BCUT2D eigenvalue weighted by molar-refractivity contribution is 0.0949. The summed E-state index contributed by atoms with van der Waals surface area (Å²) >= 11 is 0. The van der Waals surface area contributed by atoms with Gasteiger partial charge in [-0.15, -0.1) is 0 Å². The number of anilines is 1. The Balaban J connectivity index is 1.34. The Bertz CT molecular complexity index is 1810. The lowest BCUT2D eigenvalue weighted by atomic mass is 9.87. The summed E-state index contributed by atoms with van der Waals surface area (Å²) in [5, 5.41) is 5.13. The van der Waals surface area contributed by atoms with E-state index in [-0.39, 0.29) is 10.9 Å². The first-order valence-corrected chi connectivity index (χ1v) is 16.2. The summed E-state index contributed by atoms with van der Waals surface area (Å²) in [5.41, 5.74) is 1.14. The van der Waals surface area contributed by atoms with Crippen LogP contribution in [0.1, 0.15) is 62.7 Å². The van der Waals surface area contributed by atoms with Crippen LogP contribution < -0.4 is 20.4 Å². The van der Waals surface area contributed by atoms with E-state index in [1.165, 1.54) is 6.07 Å². The molecule has 1 aromatic heterocycles. The first-order chi connectivity index (χ1) is 21.4. The Labute approximate surface area is 257 Å². The van der Waals surface area contributed by atoms with Crippen molar-refractivity contribution in [2.75, 3.05) is 38.1 Å². The van der Waals surface area contributed by atoms with Crippen molar-refractivity contribution in [3.63, 3.8) is 0 Å². The summed E-state index contributed by atoms with van der Waals surface area (Å²) < 4.78 is 24.7. The Morgan fingerprint density at radius 2 is 1.86 bits per heavy atom. The molecule has 4 heterocycles. The van der Waals surface area contributed by atoms with Gasteiger partial charge in [-0.05, 0) is 80.1 Å². The zero-order valence-electron chi connectivity index (χ0n) is 25.9. The number of halogens is 1. The van der Waals surface area contributed by atoms with E-state index >= 15 is 4.39 Å². The summed E-state index contributed by atoms with van der Waals surface area (Å²) in [6, 6.07) is 13.7. The molecule has 0 spiro atoms. The minimum Gasteiger partial charge on any atom is -0.451 e. The summed E-state index contributed by atoms with van der Waals surface area (Å²) in [5.74, 6) is 1.05. The predicted octanol–water partition coefficient (Wildman–Crippen LogP) is 6.87. The fourth-order valence-corrected chi connectivity index (χ4v) is 7.87. The molecule has 0 saturated carbocycles. The average molecular weight is 597 g/mol. The van der Waals surface area contributed by atoms with Crippen LogP contribution in [-0.2, 0) is 0 Å². The Kier molecular flexibility index (Phi) is 7.57. The molecule has 0 aliphatic carbocycles. The standard InChI is InChI=1S/C36H41FN4O3/c1-4-22(5-2)25-13-16-40(20-25)33-29(37)19-27-32-35(33)44-31-18-24-10-7-6-9-23(24)17-30(31)41(32)21-28(34(27)42)36(43)38-14-12-26-11-8-15-39(26)3/h6-7,9-10,17-19,21-22,25-26H,4-5,8,11-16,20H2,1-3H3,(H,38,43). The minimum absolute atomic E-state index is 0.00588. The van der Waals surface area contributed by atoms with Gasteiger partial charge >= 0.3 is 0 Å². The molecule has 3 aromatic carbocycles. The number of fused-ring (bicyclic) bond motifs is 3. The van der Waals surface area contributed by atoms with Gasteiger partial charge in [-0.25, -0.2) is 4.39 Å². The van der Waals surface area contributed by atoms with Crippen molar-refractivity contribution >= 4 is 33.3 Å². The molecular formula is C36H41FN4O3. The highest BCUT2D eigenvalue weighted by Gasteiger charge is 2.35. The Morgan fingerprint density at radius 1 is 1.09 bits per heavy atom. The molecule has 2 unspecified atom stereocenters. The maximum Gasteiger partial charge on any atom is 0.256 e. The van der Waals surface area contributed by atoms with E-state index < -0.39 is 17.2 Å². The van der Waals surface area contributed by atoms with E-state index in [1.54, 1.807) is 6.20 Å². The molecule has 3 aliphatic heterocycles. The molecule has 0 bridgehead atoms. The monoisotopic (exact) mass is 596 g/mol. The third kappa shape index (κ3) is 4.84. The van der Waals surface area contributed by atoms with Gasteiger partial charge in [-0.1, -0.05) is 51.0 Å². The van der Waals surface area contributed by atoms with Crippen LogP contribution in [0.3, 0.4) is 0 Å². The van der Waals surface area contributed by atoms with Crippen LogP contribution in [0, 0.1) is 17.7 Å². The quantitative estimate of drug-likeness (QED) is 0.212. The second-order valence-corrected chi connectivity index (χ2v) is 12.8. The van der Waals surface area contributed by atoms with Crippen molar-refractivity contribution in [1.82, 2.24) is 14.8 Å². The van der Waals surface area contributed by atoms with Crippen LogP contribution in [0.15, 0.2) is 53.5 Å². The molecule has 2 saturated heterocycles. The molecule has 1 N–H and O–H groups in total. The van der Waals surface area contributed by atoms with Gasteiger partial charge < -0.3 is 24.4 Å². The molecule has 7 nitrogen and oxygen atoms in total. The number of pyridine rings is 1. The van der Waals surface area contributed by atoms with Gasteiger partial charge in [0.1, 0.15) is 16.8 Å². The number of rotatable bonds is 8. The number of hydrogen-bond acceptors (Lipinski definition) is 5. The second-order valence-electron chi connectivity index (χ2n) is 12.8. The Morgan fingerprint density at radius 3 is 2.59 bits per heavy atom. The van der Waals surface area contributed by atoms with Crippen LogP contribution in [-0.4, -0.2) is 54.6 Å². The zero-order valence-corrected chi connectivity index (χ0v) is 25.9. The van der Waals surface area contributed by atoms with Gasteiger partial charge in [0.2, 0.25) is 5.43 Å². The maximum absolute atomic E-state index is 16.2. The number of carbonyl (C=O) groups is 1. The summed E-state index contributed by atoms with van der Waals surface area (Å²) in [6.07, 6.45) is 7.91. The van der Waals surface area contributed by atoms with Crippen LogP contribution >= 0.6 is 0 Å². The summed E-state index contributed by atoms with van der Waals surface area (Å²) in [7, 11) is 2.11. The highest BCUT2D eigenvalue weighted by molar-refractivity contribution is 6.02. The van der Waals surface area contributed by atoms with Crippen molar-refractivity contribution in [2.24, 2.45) is 11.8 Å². The minimum atomic E-state index is -0.493. The van der Waals surface area contributed by atoms with Crippen LogP contribution in [0.5, 0.6) is 11.5 Å². The number of benzene rings is 3.